The summed E-state index contributed by atoms with van der Waals surface area (Å²) in [5, 5.41) is 0.584. The Morgan fingerprint density at radius 2 is 1.75 bits per heavy atom. The van der Waals surface area contributed by atoms with Gasteiger partial charge in [0, 0.05) is 27.7 Å². The topological polar surface area (TPSA) is 117 Å². The molecule has 1 saturated heterocycles. The van der Waals surface area contributed by atoms with E-state index in [0.29, 0.717) is 0 Å². The maximum Gasteiger partial charge on any atom is 0.304 e. The van der Waals surface area contributed by atoms with E-state index in [2.05, 4.69) is 5.32 Å². The number of ether oxygens (including phenoxy) is 4. The monoisotopic (exact) mass is 365 g/mol. The lowest BCUT2D eigenvalue weighted by molar-refractivity contribution is -0.218. The molecule has 1 fully saturated rings. The van der Waals surface area contributed by atoms with E-state index in [0.717, 1.165) is 13.8 Å². The lowest BCUT2D eigenvalue weighted by Gasteiger charge is -2.46. The molecule has 0 bridgehead atoms. The molecule has 0 aliphatic carbocycles. The molecule has 136 valence electrons. The van der Waals surface area contributed by atoms with Crippen LogP contribution in [-0.2, 0) is 38.1 Å². The molecule has 0 unspecified atom stereocenters. The number of amides is 1. The van der Waals surface area contributed by atoms with Gasteiger partial charge in [0.2, 0.25) is 11.0 Å². The number of nitrogens with one attached hydrogen (secondary N) is 1. The summed E-state index contributed by atoms with van der Waals surface area (Å²) in [5.74, 6) is -2.47. The van der Waals surface area contributed by atoms with Gasteiger partial charge in [0.1, 0.15) is 18.8 Å². The van der Waals surface area contributed by atoms with Crippen LogP contribution in [0.15, 0.2) is 0 Å². The molecule has 1 N–H and O–H groups in total. The zero-order valence-corrected chi connectivity index (χ0v) is 14.5. The smallest absolute Gasteiger partial charge is 0.304 e. The van der Waals surface area contributed by atoms with Gasteiger partial charge in [-0.15, -0.1) is 0 Å². The highest BCUT2D eigenvalue weighted by atomic mass is 35.5. The van der Waals surface area contributed by atoms with Gasteiger partial charge in [-0.25, -0.2) is 0 Å². The molecule has 4 atom stereocenters. The van der Waals surface area contributed by atoms with Gasteiger partial charge in [-0.1, -0.05) is 11.6 Å². The van der Waals surface area contributed by atoms with Crippen LogP contribution in [0.25, 0.3) is 0 Å². The van der Waals surface area contributed by atoms with Crippen molar-refractivity contribution in [3.05, 3.63) is 0 Å². The molecule has 10 heteroatoms. The maximum atomic E-state index is 11.5. The zero-order valence-electron chi connectivity index (χ0n) is 13.8. The third kappa shape index (κ3) is 5.34. The summed E-state index contributed by atoms with van der Waals surface area (Å²) in [6, 6.07) is -0.974. The molecule has 0 aromatic carbocycles. The Bertz CT molecular complexity index is 525. The van der Waals surface area contributed by atoms with Gasteiger partial charge >= 0.3 is 17.9 Å². The summed E-state index contributed by atoms with van der Waals surface area (Å²) >= 11 is 6.44. The van der Waals surface area contributed by atoms with Gasteiger partial charge in [0.15, 0.2) is 6.10 Å². The highest BCUT2D eigenvalue weighted by Gasteiger charge is 2.57. The Morgan fingerprint density at radius 1 is 1.12 bits per heavy atom. The molecule has 24 heavy (non-hydrogen) atoms. The van der Waals surface area contributed by atoms with Crippen molar-refractivity contribution >= 4 is 35.4 Å². The van der Waals surface area contributed by atoms with Crippen LogP contribution in [0.3, 0.4) is 0 Å². The van der Waals surface area contributed by atoms with E-state index in [9.17, 15) is 19.2 Å². The first-order valence-corrected chi connectivity index (χ1v) is 7.51. The van der Waals surface area contributed by atoms with Crippen molar-refractivity contribution in [2.45, 2.75) is 51.0 Å². The molecule has 0 aromatic heterocycles. The van der Waals surface area contributed by atoms with Crippen molar-refractivity contribution in [3.8, 4) is 0 Å². The van der Waals surface area contributed by atoms with Gasteiger partial charge in [-0.2, -0.15) is 0 Å². The number of hydrogen-bond donors (Lipinski definition) is 1. The molecule has 0 saturated carbocycles. The molecular formula is C14H20ClNO8. The second-order valence-electron chi connectivity index (χ2n) is 5.25. The number of carbonyl (C=O) groups excluding carboxylic acids is 4. The van der Waals surface area contributed by atoms with Crippen LogP contribution in [-0.4, -0.2) is 60.3 Å². The van der Waals surface area contributed by atoms with Crippen LogP contribution in [0.1, 0.15) is 27.7 Å². The lowest BCUT2D eigenvalue weighted by Crippen LogP contribution is -2.68. The number of halogens is 1. The molecule has 1 aliphatic rings. The number of alkyl halides is 1. The lowest BCUT2D eigenvalue weighted by atomic mass is 9.96. The molecule has 1 aliphatic heterocycles. The van der Waals surface area contributed by atoms with E-state index >= 15 is 0 Å². The zero-order chi connectivity index (χ0) is 18.5. The highest BCUT2D eigenvalue weighted by molar-refractivity contribution is 6.24. The van der Waals surface area contributed by atoms with Crippen LogP contribution in [0, 0.1) is 0 Å². The minimum absolute atomic E-state index is 0.139. The van der Waals surface area contributed by atoms with E-state index in [1.807, 2.05) is 0 Å². The van der Waals surface area contributed by atoms with Gasteiger partial charge < -0.3 is 24.3 Å². The fourth-order valence-electron chi connectivity index (χ4n) is 2.28. The predicted molar refractivity (Wildman–Crippen MR) is 79.9 cm³/mol. The largest absolute Gasteiger partial charge is 0.463 e. The van der Waals surface area contributed by atoms with Crippen molar-refractivity contribution in [1.29, 1.82) is 0 Å². The van der Waals surface area contributed by atoms with E-state index in [1.54, 1.807) is 0 Å². The standard InChI is InChI=1S/C14H20ClNO8/c1-7(17)16-12-6-22-11(5-21-8(2)18)13(23-9(3)19)14(12,15)24-10(4)20/h11-13H,5-6H2,1-4H3,(H,16,17)/t11-,12+,13-,14-/m1/s1. The second-order valence-corrected chi connectivity index (χ2v) is 5.84. The first-order valence-electron chi connectivity index (χ1n) is 7.14. The number of hydrogen-bond acceptors (Lipinski definition) is 8. The SMILES string of the molecule is CC(=O)N[C@H]1CO[C@H](COC(C)=O)[C@@H](OC(C)=O)[C@]1(Cl)OC(C)=O. The summed E-state index contributed by atoms with van der Waals surface area (Å²) in [6.45, 7) is 4.29. The normalized spacial score (nSPS) is 29.3. The Balaban J connectivity index is 3.16. The van der Waals surface area contributed by atoms with Crippen molar-refractivity contribution in [3.63, 3.8) is 0 Å². The molecule has 0 spiro atoms. The molecule has 1 rings (SSSR count). The Hall–Kier alpha value is -1.87. The average Bonchev–Trinajstić information content (AvgIpc) is 2.41. The number of carbonyl (C=O) groups is 4. The Kier molecular flexibility index (Phi) is 6.97. The maximum absolute atomic E-state index is 11.5. The summed E-state index contributed by atoms with van der Waals surface area (Å²) in [4.78, 5) is 45.3. The van der Waals surface area contributed by atoms with Crippen molar-refractivity contribution in [1.82, 2.24) is 5.32 Å². The molecule has 9 nitrogen and oxygen atoms in total. The predicted octanol–water partition coefficient (Wildman–Crippen LogP) is -0.117. The van der Waals surface area contributed by atoms with Gasteiger partial charge in [-0.05, 0) is 0 Å². The van der Waals surface area contributed by atoms with E-state index in [1.165, 1.54) is 13.8 Å². The summed E-state index contributed by atoms with van der Waals surface area (Å²) in [6.07, 6.45) is -2.27. The van der Waals surface area contributed by atoms with Crippen molar-refractivity contribution < 1.29 is 38.1 Å². The molecule has 1 heterocycles. The van der Waals surface area contributed by atoms with Gasteiger partial charge in [-0.3, -0.25) is 19.2 Å². The number of rotatable bonds is 5. The van der Waals surface area contributed by atoms with E-state index in [-0.39, 0.29) is 13.2 Å². The van der Waals surface area contributed by atoms with Crippen molar-refractivity contribution in [2.75, 3.05) is 13.2 Å². The Labute approximate surface area is 143 Å². The second kappa shape index (κ2) is 8.29. The summed E-state index contributed by atoms with van der Waals surface area (Å²) in [5.41, 5.74) is 0. The van der Waals surface area contributed by atoms with E-state index < -0.39 is 47.1 Å². The van der Waals surface area contributed by atoms with Gasteiger partial charge in [0.25, 0.3) is 0 Å². The minimum atomic E-state index is -1.91. The molecule has 0 aromatic rings. The molecule has 1 amide bonds. The molecule has 0 radical (unpaired) electrons. The highest BCUT2D eigenvalue weighted by Crippen LogP contribution is 2.36. The van der Waals surface area contributed by atoms with Crippen LogP contribution in [0.2, 0.25) is 0 Å². The Morgan fingerprint density at radius 3 is 2.21 bits per heavy atom. The third-order valence-electron chi connectivity index (χ3n) is 3.10. The van der Waals surface area contributed by atoms with Gasteiger partial charge in [0.05, 0.1) is 6.61 Å². The first-order chi connectivity index (χ1) is 11.1. The quantitative estimate of drug-likeness (QED) is 0.407. The number of esters is 3. The van der Waals surface area contributed by atoms with Crippen LogP contribution in [0.4, 0.5) is 0 Å². The fourth-order valence-corrected chi connectivity index (χ4v) is 2.69. The summed E-state index contributed by atoms with van der Waals surface area (Å²) in [7, 11) is 0. The van der Waals surface area contributed by atoms with Crippen LogP contribution in [0.5, 0.6) is 0 Å². The fraction of sp³-hybridized carbons (Fsp3) is 0.714. The first kappa shape index (κ1) is 20.2. The third-order valence-corrected chi connectivity index (χ3v) is 3.65. The minimum Gasteiger partial charge on any atom is -0.463 e. The summed E-state index contributed by atoms with van der Waals surface area (Å²) < 4.78 is 20.7. The average molecular weight is 366 g/mol. The molecular weight excluding hydrogens is 346 g/mol. The van der Waals surface area contributed by atoms with Crippen molar-refractivity contribution in [2.24, 2.45) is 0 Å². The van der Waals surface area contributed by atoms with Crippen LogP contribution >= 0.6 is 11.6 Å². The van der Waals surface area contributed by atoms with Crippen LogP contribution < -0.4 is 5.32 Å². The van der Waals surface area contributed by atoms with E-state index in [4.69, 9.17) is 30.5 Å².